The predicted octanol–water partition coefficient (Wildman–Crippen LogP) is 5.45. The number of aromatic nitrogens is 3. The van der Waals surface area contributed by atoms with E-state index in [0.717, 1.165) is 28.4 Å². The van der Waals surface area contributed by atoms with Gasteiger partial charge in [-0.2, -0.15) is 0 Å². The van der Waals surface area contributed by atoms with Gasteiger partial charge < -0.3 is 5.32 Å². The number of fused-ring (bicyclic) bond motifs is 1. The molecule has 4 rings (SSSR count). The molecule has 0 spiro atoms. The van der Waals surface area contributed by atoms with Crippen LogP contribution >= 0.6 is 23.2 Å². The lowest BCUT2D eigenvalue weighted by Crippen LogP contribution is -1.97. The second kappa shape index (κ2) is 6.15. The minimum atomic E-state index is 0.639. The van der Waals surface area contributed by atoms with Crippen LogP contribution < -0.4 is 5.32 Å². The van der Waals surface area contributed by atoms with Crippen molar-refractivity contribution in [2.75, 3.05) is 5.32 Å². The number of benzene rings is 1. The van der Waals surface area contributed by atoms with Crippen LogP contribution in [0.25, 0.3) is 16.9 Å². The van der Waals surface area contributed by atoms with Crippen LogP contribution in [0.1, 0.15) is 0 Å². The Kier molecular flexibility index (Phi) is 3.84. The van der Waals surface area contributed by atoms with E-state index >= 15 is 0 Å². The quantitative estimate of drug-likeness (QED) is 0.532. The first-order chi connectivity index (χ1) is 11.7. The van der Waals surface area contributed by atoms with Gasteiger partial charge in [0.1, 0.15) is 17.2 Å². The van der Waals surface area contributed by atoms with E-state index in [1.54, 1.807) is 12.4 Å². The van der Waals surface area contributed by atoms with Gasteiger partial charge in [-0.15, -0.1) is 0 Å². The molecule has 4 aromatic rings. The summed E-state index contributed by atoms with van der Waals surface area (Å²) in [6, 6.07) is 15.1. The molecule has 3 heterocycles. The fraction of sp³-hybridized carbons (Fsp3) is 0. The third-order valence-corrected chi connectivity index (χ3v) is 4.12. The lowest BCUT2D eigenvalue weighted by Gasteiger charge is -2.09. The predicted molar refractivity (Wildman–Crippen MR) is 98.2 cm³/mol. The summed E-state index contributed by atoms with van der Waals surface area (Å²) in [5, 5.41) is 4.74. The Bertz CT molecular complexity index is 995. The second-order valence-corrected chi connectivity index (χ2v) is 6.13. The van der Waals surface area contributed by atoms with Gasteiger partial charge in [0.25, 0.3) is 0 Å². The third kappa shape index (κ3) is 2.82. The number of nitrogens with one attached hydrogen (secondary N) is 1. The van der Waals surface area contributed by atoms with E-state index in [-0.39, 0.29) is 0 Å². The summed E-state index contributed by atoms with van der Waals surface area (Å²) >= 11 is 12.1. The van der Waals surface area contributed by atoms with E-state index in [2.05, 4.69) is 10.3 Å². The Balaban J connectivity index is 1.90. The van der Waals surface area contributed by atoms with E-state index in [9.17, 15) is 0 Å². The molecule has 6 heteroatoms. The fourth-order valence-electron chi connectivity index (χ4n) is 2.52. The standard InChI is InChI=1S/C18H12Cl2N4/c19-13-1-4-15(5-2-13)22-18-17(12-7-9-21-10-8-12)23-16-6-3-14(20)11-24(16)18/h1-11,22H. The van der Waals surface area contributed by atoms with E-state index in [1.807, 2.05) is 59.1 Å². The van der Waals surface area contributed by atoms with Crippen molar-refractivity contribution in [1.82, 2.24) is 14.4 Å². The smallest absolute Gasteiger partial charge is 0.143 e. The van der Waals surface area contributed by atoms with Crippen molar-refractivity contribution in [1.29, 1.82) is 0 Å². The lowest BCUT2D eigenvalue weighted by molar-refractivity contribution is 1.18. The normalized spacial score (nSPS) is 10.9. The first-order valence-corrected chi connectivity index (χ1v) is 8.07. The lowest BCUT2D eigenvalue weighted by atomic mass is 10.2. The molecule has 0 aliphatic carbocycles. The van der Waals surface area contributed by atoms with Gasteiger partial charge in [-0.25, -0.2) is 4.98 Å². The molecule has 0 amide bonds. The molecule has 1 N–H and O–H groups in total. The van der Waals surface area contributed by atoms with Gasteiger partial charge in [0.05, 0.1) is 5.02 Å². The van der Waals surface area contributed by atoms with E-state index in [0.29, 0.717) is 10.0 Å². The average Bonchev–Trinajstić information content (AvgIpc) is 2.95. The van der Waals surface area contributed by atoms with Crippen molar-refractivity contribution in [3.05, 3.63) is 77.2 Å². The summed E-state index contributed by atoms with van der Waals surface area (Å²) < 4.78 is 1.94. The Hall–Kier alpha value is -2.56. The van der Waals surface area contributed by atoms with Gasteiger partial charge in [0.15, 0.2) is 0 Å². The summed E-state index contributed by atoms with van der Waals surface area (Å²) in [5.74, 6) is 0.834. The highest BCUT2D eigenvalue weighted by atomic mass is 35.5. The highest BCUT2D eigenvalue weighted by Crippen LogP contribution is 2.31. The molecule has 118 valence electrons. The van der Waals surface area contributed by atoms with Gasteiger partial charge >= 0.3 is 0 Å². The maximum absolute atomic E-state index is 6.17. The molecule has 0 saturated carbocycles. The molecule has 0 aliphatic rings. The minimum Gasteiger partial charge on any atom is -0.339 e. The third-order valence-electron chi connectivity index (χ3n) is 3.64. The van der Waals surface area contributed by atoms with Crippen molar-refractivity contribution >= 4 is 40.4 Å². The zero-order valence-corrected chi connectivity index (χ0v) is 14.0. The van der Waals surface area contributed by atoms with Crippen LogP contribution in [0, 0.1) is 0 Å². The molecule has 0 atom stereocenters. The fourth-order valence-corrected chi connectivity index (χ4v) is 2.81. The van der Waals surface area contributed by atoms with Crippen LogP contribution in [0.3, 0.4) is 0 Å². The van der Waals surface area contributed by atoms with E-state index in [1.165, 1.54) is 0 Å². The van der Waals surface area contributed by atoms with Gasteiger partial charge in [-0.3, -0.25) is 9.38 Å². The zero-order chi connectivity index (χ0) is 16.5. The number of halogens is 2. The number of pyridine rings is 2. The van der Waals surface area contributed by atoms with Crippen molar-refractivity contribution in [3.63, 3.8) is 0 Å². The van der Waals surface area contributed by atoms with Crippen LogP contribution in [-0.4, -0.2) is 14.4 Å². The largest absolute Gasteiger partial charge is 0.339 e. The Labute approximate surface area is 148 Å². The molecule has 0 aliphatic heterocycles. The molecule has 24 heavy (non-hydrogen) atoms. The molecule has 0 fully saturated rings. The summed E-state index contributed by atoms with van der Waals surface area (Å²) in [6.07, 6.45) is 5.34. The minimum absolute atomic E-state index is 0.639. The second-order valence-electron chi connectivity index (χ2n) is 5.25. The molecule has 0 unspecified atom stereocenters. The van der Waals surface area contributed by atoms with Crippen LogP contribution in [0.4, 0.5) is 11.5 Å². The van der Waals surface area contributed by atoms with Crippen molar-refractivity contribution in [2.24, 2.45) is 0 Å². The SMILES string of the molecule is Clc1ccc(Nc2c(-c3ccncc3)nc3ccc(Cl)cn23)cc1. The molecule has 0 bridgehead atoms. The highest BCUT2D eigenvalue weighted by molar-refractivity contribution is 6.30. The maximum atomic E-state index is 6.17. The van der Waals surface area contributed by atoms with Crippen molar-refractivity contribution in [2.45, 2.75) is 0 Å². The topological polar surface area (TPSA) is 42.2 Å². The summed E-state index contributed by atoms with van der Waals surface area (Å²) in [4.78, 5) is 8.80. The number of anilines is 2. The molecular weight excluding hydrogens is 343 g/mol. The van der Waals surface area contributed by atoms with Crippen LogP contribution in [0.15, 0.2) is 67.1 Å². The van der Waals surface area contributed by atoms with Crippen LogP contribution in [-0.2, 0) is 0 Å². The first kappa shape index (κ1) is 15.0. The van der Waals surface area contributed by atoms with Crippen molar-refractivity contribution in [3.8, 4) is 11.3 Å². The highest BCUT2D eigenvalue weighted by Gasteiger charge is 2.14. The number of hydrogen-bond donors (Lipinski definition) is 1. The van der Waals surface area contributed by atoms with Gasteiger partial charge in [-0.05, 0) is 48.5 Å². The zero-order valence-electron chi connectivity index (χ0n) is 12.4. The molecule has 0 radical (unpaired) electrons. The molecular formula is C18H12Cl2N4. The molecule has 0 saturated heterocycles. The number of hydrogen-bond acceptors (Lipinski definition) is 3. The summed E-state index contributed by atoms with van der Waals surface area (Å²) in [7, 11) is 0. The van der Waals surface area contributed by atoms with Gasteiger partial charge in [0, 0.05) is 34.9 Å². The van der Waals surface area contributed by atoms with E-state index in [4.69, 9.17) is 28.2 Å². The molecule has 1 aromatic carbocycles. The van der Waals surface area contributed by atoms with Crippen LogP contribution in [0.2, 0.25) is 10.0 Å². The Morgan fingerprint density at radius 3 is 2.29 bits per heavy atom. The maximum Gasteiger partial charge on any atom is 0.143 e. The Morgan fingerprint density at radius 2 is 1.54 bits per heavy atom. The number of rotatable bonds is 3. The van der Waals surface area contributed by atoms with Gasteiger partial charge in [-0.1, -0.05) is 23.2 Å². The molecule has 3 aromatic heterocycles. The van der Waals surface area contributed by atoms with E-state index < -0.39 is 0 Å². The monoisotopic (exact) mass is 354 g/mol. The first-order valence-electron chi connectivity index (χ1n) is 7.31. The van der Waals surface area contributed by atoms with Crippen molar-refractivity contribution < 1.29 is 0 Å². The summed E-state index contributed by atoms with van der Waals surface area (Å²) in [6.45, 7) is 0. The van der Waals surface area contributed by atoms with Crippen LogP contribution in [0.5, 0.6) is 0 Å². The summed E-state index contributed by atoms with van der Waals surface area (Å²) in [5.41, 5.74) is 3.52. The average molecular weight is 355 g/mol. The Morgan fingerprint density at radius 1 is 0.833 bits per heavy atom. The molecule has 4 nitrogen and oxygen atoms in total. The number of nitrogens with zero attached hydrogens (tertiary/aromatic N) is 3. The van der Waals surface area contributed by atoms with Gasteiger partial charge in [0.2, 0.25) is 0 Å². The number of imidazole rings is 1.